The summed E-state index contributed by atoms with van der Waals surface area (Å²) in [4.78, 5) is 52.0. The fourth-order valence-electron chi connectivity index (χ4n) is 7.20. The zero-order valence-electron chi connectivity index (χ0n) is 37.5. The van der Waals surface area contributed by atoms with Crippen LogP contribution in [0.1, 0.15) is 128 Å². The van der Waals surface area contributed by atoms with Crippen LogP contribution in [0.3, 0.4) is 0 Å². The first-order valence-corrected chi connectivity index (χ1v) is 20.5. The second-order valence-electron chi connectivity index (χ2n) is 19.1. The van der Waals surface area contributed by atoms with Gasteiger partial charge < -0.3 is 18.9 Å². The summed E-state index contributed by atoms with van der Waals surface area (Å²) in [5.41, 5.74) is 4.65. The molecule has 0 radical (unpaired) electrons. The van der Waals surface area contributed by atoms with E-state index >= 15 is 0 Å². The van der Waals surface area contributed by atoms with Crippen molar-refractivity contribution in [2.24, 2.45) is 0 Å². The quantitative estimate of drug-likeness (QED) is 0.0779. The van der Waals surface area contributed by atoms with E-state index in [0.29, 0.717) is 22.3 Å². The van der Waals surface area contributed by atoms with Gasteiger partial charge in [-0.05, 0) is 175 Å². The lowest BCUT2D eigenvalue weighted by Gasteiger charge is -2.35. The zero-order chi connectivity index (χ0) is 45.0. The van der Waals surface area contributed by atoms with E-state index in [-0.39, 0.29) is 0 Å². The molecule has 0 saturated heterocycles. The number of hydrogen-bond acceptors (Lipinski definition) is 8. The molecule has 0 bridgehead atoms. The maximum Gasteiger partial charge on any atom is 0.331 e. The third kappa shape index (κ3) is 12.4. The van der Waals surface area contributed by atoms with Crippen molar-refractivity contribution < 1.29 is 38.1 Å². The number of benzene rings is 4. The van der Waals surface area contributed by atoms with Crippen molar-refractivity contribution in [2.45, 2.75) is 111 Å². The second-order valence-corrected chi connectivity index (χ2v) is 19.1. The maximum atomic E-state index is 13.0. The van der Waals surface area contributed by atoms with Gasteiger partial charge in [-0.15, -0.1) is 0 Å². The van der Waals surface area contributed by atoms with Crippen LogP contribution in [0.2, 0.25) is 0 Å². The smallest absolute Gasteiger partial charge is 0.331 e. The number of esters is 4. The monoisotopic (exact) mass is 822 g/mol. The van der Waals surface area contributed by atoms with Crippen LogP contribution >= 0.6 is 0 Å². The Morgan fingerprint density at radius 1 is 0.393 bits per heavy atom. The first-order valence-electron chi connectivity index (χ1n) is 20.5. The Bertz CT molecular complexity index is 2150. The first kappa shape index (κ1) is 45.8. The lowest BCUT2D eigenvalue weighted by atomic mass is 9.66. The lowest BCUT2D eigenvalue weighted by Crippen LogP contribution is -2.29. The molecule has 318 valence electrons. The van der Waals surface area contributed by atoms with E-state index in [4.69, 9.17) is 18.9 Å². The Morgan fingerprint density at radius 3 is 0.885 bits per heavy atom. The van der Waals surface area contributed by atoms with Crippen LogP contribution in [0.4, 0.5) is 0 Å². The van der Waals surface area contributed by atoms with E-state index in [2.05, 4.69) is 24.3 Å². The summed E-state index contributed by atoms with van der Waals surface area (Å²) in [7, 11) is 0. The Balaban J connectivity index is 1.85. The molecular formula is C53H58O8. The SMILES string of the molecule is CC(C)(C)OC(=O)C=Cc1cc(C=CC(=O)OC(C)(C)C)cc(C2(c3cc(C=CC(=O)OC(C)(C)C)cc(C=CC(=O)OC(C)(C)C)c3)c3ccccc3-c3ccccc32)c1. The van der Waals surface area contributed by atoms with Crippen molar-refractivity contribution in [3.63, 3.8) is 0 Å². The van der Waals surface area contributed by atoms with Crippen LogP contribution in [0.25, 0.3) is 35.4 Å². The van der Waals surface area contributed by atoms with Crippen molar-refractivity contribution in [2.75, 3.05) is 0 Å². The fourth-order valence-corrected chi connectivity index (χ4v) is 7.20. The predicted molar refractivity (Wildman–Crippen MR) is 243 cm³/mol. The zero-order valence-corrected chi connectivity index (χ0v) is 37.5. The number of ether oxygens (including phenoxy) is 4. The number of fused-ring (bicyclic) bond motifs is 3. The molecule has 0 atom stereocenters. The Morgan fingerprint density at radius 2 is 0.639 bits per heavy atom. The summed E-state index contributed by atoms with van der Waals surface area (Å²) >= 11 is 0. The third-order valence-corrected chi connectivity index (χ3v) is 9.05. The fraction of sp³-hybridized carbons (Fsp3) is 0.321. The summed E-state index contributed by atoms with van der Waals surface area (Å²) < 4.78 is 22.4. The molecule has 0 unspecified atom stereocenters. The third-order valence-electron chi connectivity index (χ3n) is 9.05. The Labute approximate surface area is 361 Å². The van der Waals surface area contributed by atoms with Crippen LogP contribution in [0.5, 0.6) is 0 Å². The van der Waals surface area contributed by atoms with Gasteiger partial charge in [-0.2, -0.15) is 0 Å². The number of hydrogen-bond donors (Lipinski definition) is 0. The molecule has 4 aromatic rings. The highest BCUT2D eigenvalue weighted by Crippen LogP contribution is 2.56. The highest BCUT2D eigenvalue weighted by Gasteiger charge is 2.46. The minimum Gasteiger partial charge on any atom is -0.457 e. The summed E-state index contributed by atoms with van der Waals surface area (Å²) in [6.45, 7) is 21.7. The molecule has 0 N–H and O–H groups in total. The van der Waals surface area contributed by atoms with Gasteiger partial charge in [-0.1, -0.05) is 72.8 Å². The molecule has 5 rings (SSSR count). The highest BCUT2D eigenvalue weighted by molar-refractivity contribution is 5.92. The molecule has 0 fully saturated rings. The van der Waals surface area contributed by atoms with E-state index in [1.54, 1.807) is 24.3 Å². The molecule has 1 aliphatic rings. The molecule has 4 aromatic carbocycles. The van der Waals surface area contributed by atoms with Gasteiger partial charge in [0.1, 0.15) is 22.4 Å². The number of carbonyl (C=O) groups excluding carboxylic acids is 4. The molecule has 0 saturated carbocycles. The topological polar surface area (TPSA) is 105 Å². The standard InChI is InChI=1S/C53H58O8/c1-49(2,3)58-45(54)25-21-35-29-36(22-26-46(55)59-50(4,5)6)32-39(31-35)53(43-19-15-13-17-41(43)42-18-14-16-20-44(42)53)40-33-37(23-27-47(56)60-51(7,8)9)30-38(34-40)24-28-48(57)61-52(10,11)12/h13-34H,1-12H3. The van der Waals surface area contributed by atoms with Crippen molar-refractivity contribution in [3.05, 3.63) is 154 Å². The van der Waals surface area contributed by atoms with Crippen LogP contribution in [0.15, 0.2) is 109 Å². The molecule has 1 aliphatic carbocycles. The van der Waals surface area contributed by atoms with Crippen LogP contribution in [-0.2, 0) is 43.5 Å². The van der Waals surface area contributed by atoms with E-state index in [1.807, 2.05) is 144 Å². The van der Waals surface area contributed by atoms with Crippen LogP contribution in [-0.4, -0.2) is 46.3 Å². The molecule has 8 nitrogen and oxygen atoms in total. The van der Waals surface area contributed by atoms with Crippen LogP contribution in [0, 0.1) is 0 Å². The Hall–Kier alpha value is -6.28. The minimum absolute atomic E-state index is 0.499. The molecule has 8 heteroatoms. The maximum absolute atomic E-state index is 13.0. The predicted octanol–water partition coefficient (Wildman–Crippen LogP) is 11.5. The summed E-state index contributed by atoms with van der Waals surface area (Å²) in [5.74, 6) is -2.00. The van der Waals surface area contributed by atoms with Crippen molar-refractivity contribution in [1.29, 1.82) is 0 Å². The molecule has 0 aliphatic heterocycles. The van der Waals surface area contributed by atoms with Gasteiger partial charge in [0, 0.05) is 24.3 Å². The van der Waals surface area contributed by atoms with Gasteiger partial charge in [0.05, 0.1) is 5.41 Å². The van der Waals surface area contributed by atoms with Crippen molar-refractivity contribution in [3.8, 4) is 11.1 Å². The molecule has 0 amide bonds. The number of rotatable bonds is 10. The van der Waals surface area contributed by atoms with Gasteiger partial charge in [0.25, 0.3) is 0 Å². The first-order chi connectivity index (χ1) is 28.3. The second kappa shape index (κ2) is 17.7. The van der Waals surface area contributed by atoms with Gasteiger partial charge >= 0.3 is 23.9 Å². The minimum atomic E-state index is -0.998. The van der Waals surface area contributed by atoms with E-state index in [1.165, 1.54) is 24.3 Å². The molecule has 0 aromatic heterocycles. The van der Waals surface area contributed by atoms with Gasteiger partial charge in [-0.3, -0.25) is 0 Å². The Kier molecular flexibility index (Phi) is 13.3. The largest absolute Gasteiger partial charge is 0.457 e. The lowest BCUT2D eigenvalue weighted by molar-refractivity contribution is -0.149. The normalized spacial score (nSPS) is 14.0. The summed E-state index contributed by atoms with van der Waals surface area (Å²) in [6.07, 6.45) is 12.4. The van der Waals surface area contributed by atoms with Crippen molar-refractivity contribution >= 4 is 48.2 Å². The van der Waals surface area contributed by atoms with Crippen molar-refractivity contribution in [1.82, 2.24) is 0 Å². The average molecular weight is 823 g/mol. The van der Waals surface area contributed by atoms with E-state index in [0.717, 1.165) is 33.4 Å². The highest BCUT2D eigenvalue weighted by atomic mass is 16.6. The van der Waals surface area contributed by atoms with Gasteiger partial charge in [0.2, 0.25) is 0 Å². The summed E-state index contributed by atoms with van der Waals surface area (Å²) in [6, 6.07) is 28.3. The molecular weight excluding hydrogens is 765 g/mol. The molecule has 0 heterocycles. The van der Waals surface area contributed by atoms with Gasteiger partial charge in [-0.25, -0.2) is 19.2 Å². The number of carbonyl (C=O) groups is 4. The van der Waals surface area contributed by atoms with Crippen LogP contribution < -0.4 is 0 Å². The van der Waals surface area contributed by atoms with E-state index in [9.17, 15) is 19.2 Å². The molecule has 61 heavy (non-hydrogen) atoms. The average Bonchev–Trinajstić information content (AvgIpc) is 3.43. The van der Waals surface area contributed by atoms with E-state index < -0.39 is 51.7 Å². The molecule has 0 spiro atoms. The van der Waals surface area contributed by atoms with Gasteiger partial charge in [0.15, 0.2) is 0 Å². The summed E-state index contributed by atoms with van der Waals surface area (Å²) in [5, 5.41) is 0.